The molecule has 7 nitrogen and oxygen atoms in total. The third-order valence-corrected chi connectivity index (χ3v) is 2.68. The number of rotatable bonds is 3. The molecule has 2 heterocycles. The summed E-state index contributed by atoms with van der Waals surface area (Å²) in [4.78, 5) is 10.2. The Hall–Kier alpha value is -1.83. The molecule has 0 unspecified atom stereocenters. The number of nitrogens with zero attached hydrogens (tertiary/aromatic N) is 3. The lowest BCUT2D eigenvalue weighted by Gasteiger charge is -1.99. The second-order valence-electron chi connectivity index (χ2n) is 3.44. The molecule has 2 aromatic heterocycles. The third-order valence-electron chi connectivity index (χ3n) is 2.25. The van der Waals surface area contributed by atoms with Crippen molar-refractivity contribution in [2.24, 2.45) is 0 Å². The van der Waals surface area contributed by atoms with E-state index in [1.165, 1.54) is 4.68 Å². The van der Waals surface area contributed by atoms with Crippen molar-refractivity contribution in [1.82, 2.24) is 9.78 Å². The lowest BCUT2D eigenvalue weighted by atomic mass is 10.4. The summed E-state index contributed by atoms with van der Waals surface area (Å²) in [6.45, 7) is 1.80. The minimum absolute atomic E-state index is 0.0278. The van der Waals surface area contributed by atoms with Crippen LogP contribution >= 0.6 is 15.9 Å². The van der Waals surface area contributed by atoms with Crippen LogP contribution in [0.1, 0.15) is 11.5 Å². The Morgan fingerprint density at radius 2 is 2.35 bits per heavy atom. The predicted octanol–water partition coefficient (Wildman–Crippen LogP) is 2.09. The monoisotopic (exact) mass is 300 g/mol. The van der Waals surface area contributed by atoms with Gasteiger partial charge in [0, 0.05) is 0 Å². The molecule has 0 radical (unpaired) electrons. The van der Waals surface area contributed by atoms with Crippen LogP contribution in [0.4, 0.5) is 11.5 Å². The zero-order valence-electron chi connectivity index (χ0n) is 8.88. The van der Waals surface area contributed by atoms with Crippen LogP contribution in [0, 0.1) is 17.0 Å². The summed E-state index contributed by atoms with van der Waals surface area (Å²) >= 11 is 3.17. The Labute approximate surface area is 104 Å². The van der Waals surface area contributed by atoms with E-state index in [9.17, 15) is 10.1 Å². The molecule has 0 bridgehead atoms. The van der Waals surface area contributed by atoms with E-state index in [0.29, 0.717) is 10.4 Å². The molecule has 0 aliphatic carbocycles. The Balaban J connectivity index is 2.34. The van der Waals surface area contributed by atoms with Crippen LogP contribution in [-0.2, 0) is 6.54 Å². The zero-order chi connectivity index (χ0) is 12.6. The second kappa shape index (κ2) is 4.21. The number of furan rings is 1. The standard InChI is InChI=1S/C9H9BrN4O3/c1-5-8(14(15)16)9(11)13(12-5)4-6-2-3-7(10)17-6/h2-3H,4,11H2,1H3. The minimum Gasteiger partial charge on any atom is -0.452 e. The molecule has 17 heavy (non-hydrogen) atoms. The van der Waals surface area contributed by atoms with Gasteiger partial charge in [-0.3, -0.25) is 10.1 Å². The van der Waals surface area contributed by atoms with Gasteiger partial charge in [-0.05, 0) is 35.0 Å². The first kappa shape index (κ1) is 11.6. The highest BCUT2D eigenvalue weighted by Gasteiger charge is 2.23. The van der Waals surface area contributed by atoms with Gasteiger partial charge in [-0.15, -0.1) is 0 Å². The normalized spacial score (nSPS) is 10.7. The van der Waals surface area contributed by atoms with Crippen molar-refractivity contribution in [2.75, 3.05) is 5.73 Å². The Bertz CT molecular complexity index is 575. The Kier molecular flexibility index (Phi) is 2.88. The maximum atomic E-state index is 10.8. The highest BCUT2D eigenvalue weighted by molar-refractivity contribution is 9.10. The Morgan fingerprint density at radius 3 is 2.82 bits per heavy atom. The molecule has 8 heteroatoms. The molecule has 0 aromatic carbocycles. The second-order valence-corrected chi connectivity index (χ2v) is 4.22. The first-order chi connectivity index (χ1) is 7.99. The molecule has 0 aliphatic rings. The summed E-state index contributed by atoms with van der Waals surface area (Å²) in [6, 6.07) is 3.47. The van der Waals surface area contributed by atoms with Gasteiger partial charge in [0.05, 0.1) is 4.92 Å². The minimum atomic E-state index is -0.535. The van der Waals surface area contributed by atoms with E-state index in [0.717, 1.165) is 0 Å². The van der Waals surface area contributed by atoms with Crippen molar-refractivity contribution < 1.29 is 9.34 Å². The van der Waals surface area contributed by atoms with Crippen molar-refractivity contribution in [3.63, 3.8) is 0 Å². The summed E-state index contributed by atoms with van der Waals surface area (Å²) in [5, 5.41) is 14.8. The van der Waals surface area contributed by atoms with Gasteiger partial charge in [-0.2, -0.15) is 5.10 Å². The number of anilines is 1. The number of nitro groups is 1. The molecule has 2 rings (SSSR count). The van der Waals surface area contributed by atoms with E-state index in [2.05, 4.69) is 21.0 Å². The average Bonchev–Trinajstić information content (AvgIpc) is 2.73. The van der Waals surface area contributed by atoms with Crippen LogP contribution in [0.3, 0.4) is 0 Å². The number of nitrogen functional groups attached to an aromatic ring is 1. The maximum Gasteiger partial charge on any atom is 0.333 e. The number of hydrogen-bond acceptors (Lipinski definition) is 5. The third kappa shape index (κ3) is 2.16. The van der Waals surface area contributed by atoms with Gasteiger partial charge in [-0.1, -0.05) is 0 Å². The van der Waals surface area contributed by atoms with E-state index in [1.54, 1.807) is 19.1 Å². The van der Waals surface area contributed by atoms with Crippen molar-refractivity contribution in [3.8, 4) is 0 Å². The van der Waals surface area contributed by atoms with Crippen LogP contribution in [0.5, 0.6) is 0 Å². The molecular formula is C9H9BrN4O3. The lowest BCUT2D eigenvalue weighted by molar-refractivity contribution is -0.384. The summed E-state index contributed by atoms with van der Waals surface area (Å²) < 4.78 is 7.22. The number of aromatic nitrogens is 2. The van der Waals surface area contributed by atoms with E-state index >= 15 is 0 Å². The van der Waals surface area contributed by atoms with Gasteiger partial charge in [-0.25, -0.2) is 4.68 Å². The van der Waals surface area contributed by atoms with Crippen LogP contribution in [0.15, 0.2) is 21.2 Å². The van der Waals surface area contributed by atoms with Crippen molar-refractivity contribution >= 4 is 27.4 Å². The van der Waals surface area contributed by atoms with Gasteiger partial charge in [0.1, 0.15) is 18.0 Å². The molecule has 90 valence electrons. The highest BCUT2D eigenvalue weighted by atomic mass is 79.9. The molecular weight excluding hydrogens is 292 g/mol. The van der Waals surface area contributed by atoms with E-state index in [-0.39, 0.29) is 23.7 Å². The largest absolute Gasteiger partial charge is 0.452 e. The molecule has 0 amide bonds. The topological polar surface area (TPSA) is 100 Å². The molecule has 0 saturated carbocycles. The van der Waals surface area contributed by atoms with Crippen molar-refractivity contribution in [3.05, 3.63) is 38.4 Å². The highest BCUT2D eigenvalue weighted by Crippen LogP contribution is 2.26. The van der Waals surface area contributed by atoms with Gasteiger partial charge >= 0.3 is 5.69 Å². The molecule has 0 atom stereocenters. The molecule has 0 spiro atoms. The quantitative estimate of drug-likeness (QED) is 0.691. The van der Waals surface area contributed by atoms with Crippen LogP contribution in [0.25, 0.3) is 0 Å². The SMILES string of the molecule is Cc1nn(Cc2ccc(Br)o2)c(N)c1[N+](=O)[O-]. The molecule has 2 aromatic rings. The zero-order valence-corrected chi connectivity index (χ0v) is 10.5. The van der Waals surface area contributed by atoms with E-state index < -0.39 is 4.92 Å². The molecule has 0 fully saturated rings. The summed E-state index contributed by atoms with van der Waals surface area (Å²) in [5.41, 5.74) is 5.80. The lowest BCUT2D eigenvalue weighted by Crippen LogP contribution is -2.06. The molecule has 0 aliphatic heterocycles. The number of aryl methyl sites for hydroxylation is 1. The number of halogens is 1. The summed E-state index contributed by atoms with van der Waals surface area (Å²) in [5.74, 6) is 0.640. The van der Waals surface area contributed by atoms with E-state index in [4.69, 9.17) is 10.2 Å². The number of hydrogen-bond donors (Lipinski definition) is 1. The van der Waals surface area contributed by atoms with Gasteiger partial charge < -0.3 is 10.2 Å². The summed E-state index contributed by atoms with van der Waals surface area (Å²) in [6.07, 6.45) is 0. The molecule has 0 saturated heterocycles. The average molecular weight is 301 g/mol. The van der Waals surface area contributed by atoms with Crippen LogP contribution in [-0.4, -0.2) is 14.7 Å². The van der Waals surface area contributed by atoms with Gasteiger partial charge in [0.15, 0.2) is 4.67 Å². The first-order valence-corrected chi connectivity index (χ1v) is 5.50. The Morgan fingerprint density at radius 1 is 1.65 bits per heavy atom. The van der Waals surface area contributed by atoms with Crippen LogP contribution in [0.2, 0.25) is 0 Å². The summed E-state index contributed by atoms with van der Waals surface area (Å²) in [7, 11) is 0. The number of nitrogens with two attached hydrogens (primary N) is 1. The fourth-order valence-electron chi connectivity index (χ4n) is 1.52. The van der Waals surface area contributed by atoms with Crippen molar-refractivity contribution in [1.29, 1.82) is 0 Å². The van der Waals surface area contributed by atoms with Gasteiger partial charge in [0.25, 0.3) is 0 Å². The molecule has 2 N–H and O–H groups in total. The van der Waals surface area contributed by atoms with Crippen molar-refractivity contribution in [2.45, 2.75) is 13.5 Å². The van der Waals surface area contributed by atoms with Gasteiger partial charge in [0.2, 0.25) is 5.82 Å². The fraction of sp³-hybridized carbons (Fsp3) is 0.222. The van der Waals surface area contributed by atoms with E-state index in [1.807, 2.05) is 0 Å². The fourth-order valence-corrected chi connectivity index (χ4v) is 1.86. The first-order valence-electron chi connectivity index (χ1n) is 4.70. The predicted molar refractivity (Wildman–Crippen MR) is 63.5 cm³/mol. The maximum absolute atomic E-state index is 10.8. The smallest absolute Gasteiger partial charge is 0.333 e. The van der Waals surface area contributed by atoms with Crippen LogP contribution < -0.4 is 5.73 Å².